The van der Waals surface area contributed by atoms with E-state index in [4.69, 9.17) is 4.74 Å². The molecule has 0 atom stereocenters. The van der Waals surface area contributed by atoms with Crippen LogP contribution in [0.15, 0.2) is 42.9 Å². The van der Waals surface area contributed by atoms with Gasteiger partial charge < -0.3 is 15.0 Å². The molecular formula is C18H20N4O3. The lowest BCUT2D eigenvalue weighted by molar-refractivity contribution is -0.119. The van der Waals surface area contributed by atoms with E-state index in [1.165, 1.54) is 37.9 Å². The van der Waals surface area contributed by atoms with Crippen LogP contribution in [0.2, 0.25) is 0 Å². The third-order valence-corrected chi connectivity index (χ3v) is 3.98. The molecule has 1 aliphatic heterocycles. The van der Waals surface area contributed by atoms with Crippen molar-refractivity contribution >= 4 is 23.3 Å². The number of anilines is 2. The summed E-state index contributed by atoms with van der Waals surface area (Å²) in [4.78, 5) is 33.6. The smallest absolute Gasteiger partial charge is 0.359 e. The molecule has 1 aromatic heterocycles. The van der Waals surface area contributed by atoms with E-state index in [2.05, 4.69) is 20.2 Å². The van der Waals surface area contributed by atoms with Gasteiger partial charge in [0.1, 0.15) is 0 Å². The molecular weight excluding hydrogens is 320 g/mol. The normalized spacial score (nSPS) is 14.0. The predicted molar refractivity (Wildman–Crippen MR) is 93.5 cm³/mol. The molecule has 1 fully saturated rings. The van der Waals surface area contributed by atoms with Crippen LogP contribution in [0.25, 0.3) is 0 Å². The van der Waals surface area contributed by atoms with Crippen molar-refractivity contribution in [2.24, 2.45) is 0 Å². The van der Waals surface area contributed by atoms with Crippen LogP contribution in [0.5, 0.6) is 0 Å². The Kier molecular flexibility index (Phi) is 5.56. The Morgan fingerprint density at radius 3 is 2.52 bits per heavy atom. The van der Waals surface area contributed by atoms with Gasteiger partial charge in [0, 0.05) is 36.9 Å². The largest absolute Gasteiger partial charge is 0.451 e. The molecule has 0 bridgehead atoms. The summed E-state index contributed by atoms with van der Waals surface area (Å²) in [5.74, 6) is -1.08. The number of esters is 1. The van der Waals surface area contributed by atoms with Crippen LogP contribution in [-0.4, -0.2) is 41.5 Å². The molecule has 0 saturated carbocycles. The van der Waals surface area contributed by atoms with Crippen molar-refractivity contribution in [1.82, 2.24) is 9.97 Å². The minimum absolute atomic E-state index is 0.0705. The number of benzene rings is 1. The maximum Gasteiger partial charge on any atom is 0.359 e. The van der Waals surface area contributed by atoms with E-state index < -0.39 is 11.9 Å². The van der Waals surface area contributed by atoms with Gasteiger partial charge in [-0.25, -0.2) is 9.78 Å². The molecule has 1 amide bonds. The molecule has 7 nitrogen and oxygen atoms in total. The Hall–Kier alpha value is -2.96. The molecule has 25 heavy (non-hydrogen) atoms. The van der Waals surface area contributed by atoms with E-state index in [9.17, 15) is 9.59 Å². The van der Waals surface area contributed by atoms with Crippen molar-refractivity contribution in [3.8, 4) is 0 Å². The van der Waals surface area contributed by atoms with Crippen LogP contribution in [0.4, 0.5) is 11.4 Å². The first-order valence-corrected chi connectivity index (χ1v) is 8.30. The second-order valence-electron chi connectivity index (χ2n) is 5.81. The summed E-state index contributed by atoms with van der Waals surface area (Å²) < 4.78 is 4.92. The molecule has 1 saturated heterocycles. The highest BCUT2D eigenvalue weighted by Crippen LogP contribution is 2.21. The van der Waals surface area contributed by atoms with Crippen LogP contribution >= 0.6 is 0 Å². The predicted octanol–water partition coefficient (Wildman–Crippen LogP) is 2.26. The average Bonchev–Trinajstić information content (AvgIpc) is 2.68. The molecule has 2 aromatic rings. The van der Waals surface area contributed by atoms with Crippen molar-refractivity contribution in [2.75, 3.05) is 29.9 Å². The monoisotopic (exact) mass is 340 g/mol. The van der Waals surface area contributed by atoms with Gasteiger partial charge >= 0.3 is 5.97 Å². The highest BCUT2D eigenvalue weighted by atomic mass is 16.5. The summed E-state index contributed by atoms with van der Waals surface area (Å²) in [6.45, 7) is 1.78. The molecule has 2 heterocycles. The van der Waals surface area contributed by atoms with Crippen molar-refractivity contribution in [1.29, 1.82) is 0 Å². The van der Waals surface area contributed by atoms with Gasteiger partial charge in [0.05, 0.1) is 6.20 Å². The fourth-order valence-electron chi connectivity index (χ4n) is 2.71. The summed E-state index contributed by atoms with van der Waals surface area (Å²) in [6, 6.07) is 7.69. The van der Waals surface area contributed by atoms with Crippen LogP contribution in [0, 0.1) is 0 Å². The Balaban J connectivity index is 1.48. The van der Waals surface area contributed by atoms with Crippen LogP contribution in [-0.2, 0) is 9.53 Å². The molecule has 3 rings (SSSR count). The number of carbonyl (C=O) groups is 2. The summed E-state index contributed by atoms with van der Waals surface area (Å²) in [6.07, 6.45) is 7.86. The van der Waals surface area contributed by atoms with Crippen molar-refractivity contribution in [3.05, 3.63) is 48.5 Å². The number of amides is 1. The van der Waals surface area contributed by atoms with Gasteiger partial charge in [0.15, 0.2) is 12.3 Å². The first kappa shape index (κ1) is 16.9. The third kappa shape index (κ3) is 4.76. The highest BCUT2D eigenvalue weighted by molar-refractivity contribution is 5.94. The zero-order valence-corrected chi connectivity index (χ0v) is 13.9. The van der Waals surface area contributed by atoms with Gasteiger partial charge in [0.2, 0.25) is 0 Å². The Labute approximate surface area is 146 Å². The zero-order chi connectivity index (χ0) is 17.5. The number of carbonyl (C=O) groups excluding carboxylic acids is 2. The number of aromatic nitrogens is 2. The average molecular weight is 340 g/mol. The summed E-state index contributed by atoms with van der Waals surface area (Å²) in [5, 5.41) is 2.71. The lowest BCUT2D eigenvalue weighted by Gasteiger charge is -2.28. The van der Waals surface area contributed by atoms with Crippen LogP contribution in [0.1, 0.15) is 29.8 Å². The lowest BCUT2D eigenvalue weighted by atomic mass is 10.1. The van der Waals surface area contributed by atoms with Crippen molar-refractivity contribution in [3.63, 3.8) is 0 Å². The number of ether oxygens (including phenoxy) is 1. The van der Waals surface area contributed by atoms with Crippen LogP contribution in [0.3, 0.4) is 0 Å². The third-order valence-electron chi connectivity index (χ3n) is 3.98. The quantitative estimate of drug-likeness (QED) is 0.841. The van der Waals surface area contributed by atoms with E-state index in [1.54, 1.807) is 0 Å². The minimum Gasteiger partial charge on any atom is -0.451 e. The summed E-state index contributed by atoms with van der Waals surface area (Å²) >= 11 is 0. The van der Waals surface area contributed by atoms with Gasteiger partial charge in [-0.05, 0) is 43.5 Å². The number of rotatable bonds is 5. The first-order valence-electron chi connectivity index (χ1n) is 8.30. The standard InChI is InChI=1S/C18H20N4O3/c23-17(13-25-18(24)16-12-19-8-9-20-16)21-14-4-6-15(7-5-14)22-10-2-1-3-11-22/h4-9,12H,1-3,10-11,13H2,(H,21,23). The maximum absolute atomic E-state index is 11.9. The molecule has 0 aliphatic carbocycles. The summed E-state index contributed by atoms with van der Waals surface area (Å²) in [5.41, 5.74) is 1.90. The van der Waals surface area contributed by atoms with Gasteiger partial charge in [0.25, 0.3) is 5.91 Å². The molecule has 1 N–H and O–H groups in total. The molecule has 7 heteroatoms. The number of nitrogens with one attached hydrogen (secondary N) is 1. The molecule has 0 unspecified atom stereocenters. The highest BCUT2D eigenvalue weighted by Gasteiger charge is 2.13. The van der Waals surface area contributed by atoms with E-state index in [0.717, 1.165) is 18.8 Å². The zero-order valence-electron chi connectivity index (χ0n) is 13.9. The van der Waals surface area contributed by atoms with Gasteiger partial charge in [-0.15, -0.1) is 0 Å². The molecule has 0 spiro atoms. The SMILES string of the molecule is O=C(COC(=O)c1cnccn1)Nc1ccc(N2CCCCC2)cc1. The topological polar surface area (TPSA) is 84.4 Å². The Bertz CT molecular complexity index is 713. The van der Waals surface area contributed by atoms with E-state index in [-0.39, 0.29) is 12.3 Å². The number of hydrogen-bond acceptors (Lipinski definition) is 6. The lowest BCUT2D eigenvalue weighted by Crippen LogP contribution is -2.29. The van der Waals surface area contributed by atoms with Crippen molar-refractivity contribution < 1.29 is 14.3 Å². The van der Waals surface area contributed by atoms with Crippen LogP contribution < -0.4 is 10.2 Å². The second kappa shape index (κ2) is 8.23. The Morgan fingerprint density at radius 2 is 1.84 bits per heavy atom. The first-order chi connectivity index (χ1) is 12.2. The molecule has 0 radical (unpaired) electrons. The van der Waals surface area contributed by atoms with Crippen molar-refractivity contribution in [2.45, 2.75) is 19.3 Å². The van der Waals surface area contributed by atoms with E-state index in [0.29, 0.717) is 5.69 Å². The second-order valence-corrected chi connectivity index (χ2v) is 5.81. The number of nitrogens with zero attached hydrogens (tertiary/aromatic N) is 3. The molecule has 1 aromatic carbocycles. The Morgan fingerprint density at radius 1 is 1.08 bits per heavy atom. The molecule has 1 aliphatic rings. The van der Waals surface area contributed by atoms with Gasteiger partial charge in [-0.3, -0.25) is 9.78 Å². The number of piperidine rings is 1. The number of hydrogen-bond donors (Lipinski definition) is 1. The van der Waals surface area contributed by atoms with Gasteiger partial charge in [-0.2, -0.15) is 0 Å². The molecule has 130 valence electrons. The van der Waals surface area contributed by atoms with E-state index >= 15 is 0 Å². The fourth-order valence-corrected chi connectivity index (χ4v) is 2.71. The van der Waals surface area contributed by atoms with E-state index in [1.807, 2.05) is 24.3 Å². The summed E-state index contributed by atoms with van der Waals surface area (Å²) in [7, 11) is 0. The van der Waals surface area contributed by atoms with Gasteiger partial charge in [-0.1, -0.05) is 0 Å². The maximum atomic E-state index is 11.9. The minimum atomic E-state index is -0.677. The fraction of sp³-hybridized carbons (Fsp3) is 0.333.